The van der Waals surface area contributed by atoms with Gasteiger partial charge in [0.25, 0.3) is 0 Å². The highest BCUT2D eigenvalue weighted by Crippen LogP contribution is 2.29. The maximum absolute atomic E-state index is 6.25. The molecular formula is C15H19N3O. The van der Waals surface area contributed by atoms with Crippen LogP contribution >= 0.6 is 0 Å². The molecule has 0 spiro atoms. The molecule has 0 aliphatic carbocycles. The van der Waals surface area contributed by atoms with Gasteiger partial charge in [-0.1, -0.05) is 18.2 Å². The smallest absolute Gasteiger partial charge is 0.131 e. The number of nitrogen functional groups attached to an aromatic ring is 1. The minimum atomic E-state index is 0.612. The van der Waals surface area contributed by atoms with Crippen LogP contribution in [0.3, 0.4) is 0 Å². The Kier molecular flexibility index (Phi) is 3.25. The number of ether oxygens (including phenoxy) is 1. The van der Waals surface area contributed by atoms with Crippen LogP contribution in [0.25, 0.3) is 11.3 Å². The van der Waals surface area contributed by atoms with E-state index in [-0.39, 0.29) is 0 Å². The number of imidazole rings is 1. The van der Waals surface area contributed by atoms with Gasteiger partial charge in [-0.3, -0.25) is 0 Å². The Balaban J connectivity index is 2.02. The molecule has 0 amide bonds. The second-order valence-corrected chi connectivity index (χ2v) is 5.00. The van der Waals surface area contributed by atoms with Gasteiger partial charge in [0, 0.05) is 25.6 Å². The van der Waals surface area contributed by atoms with Gasteiger partial charge < -0.3 is 15.0 Å². The predicted molar refractivity (Wildman–Crippen MR) is 75.7 cm³/mol. The number of methoxy groups -OCH3 is 1. The van der Waals surface area contributed by atoms with Gasteiger partial charge in [-0.05, 0) is 24.5 Å². The first-order chi connectivity index (χ1) is 9.29. The van der Waals surface area contributed by atoms with Crippen LogP contribution in [0.5, 0.6) is 0 Å². The molecule has 4 heteroatoms. The fraction of sp³-hybridized carbons (Fsp3) is 0.400. The lowest BCUT2D eigenvalue weighted by Gasteiger charge is -2.14. The van der Waals surface area contributed by atoms with E-state index in [0.717, 1.165) is 41.4 Å². The zero-order valence-electron chi connectivity index (χ0n) is 11.2. The molecule has 1 aromatic heterocycles. The molecule has 1 aromatic carbocycles. The molecule has 100 valence electrons. The summed E-state index contributed by atoms with van der Waals surface area (Å²) in [6.45, 7) is 1.60. The van der Waals surface area contributed by atoms with E-state index >= 15 is 0 Å². The third-order valence-corrected chi connectivity index (χ3v) is 3.63. The average Bonchev–Trinajstić information content (AvgIpc) is 2.78. The predicted octanol–water partition coefficient (Wildman–Crippen LogP) is 2.62. The van der Waals surface area contributed by atoms with Gasteiger partial charge in [-0.25, -0.2) is 4.98 Å². The van der Waals surface area contributed by atoms with E-state index in [9.17, 15) is 0 Å². The highest BCUT2D eigenvalue weighted by atomic mass is 16.5. The molecule has 4 nitrogen and oxygen atoms in total. The molecule has 2 heterocycles. The summed E-state index contributed by atoms with van der Waals surface area (Å²) < 4.78 is 7.33. The first-order valence-electron chi connectivity index (χ1n) is 6.72. The topological polar surface area (TPSA) is 53.1 Å². The Morgan fingerprint density at radius 2 is 2.26 bits per heavy atom. The van der Waals surface area contributed by atoms with Crippen LogP contribution in [0, 0.1) is 0 Å². The number of hydrogen-bond acceptors (Lipinski definition) is 3. The molecule has 0 unspecified atom stereocenters. The van der Waals surface area contributed by atoms with Crippen molar-refractivity contribution in [2.45, 2.75) is 32.4 Å². The van der Waals surface area contributed by atoms with E-state index < -0.39 is 0 Å². The van der Waals surface area contributed by atoms with Crippen molar-refractivity contribution < 1.29 is 4.74 Å². The summed E-state index contributed by atoms with van der Waals surface area (Å²) in [5, 5.41) is 0. The molecule has 0 bridgehead atoms. The quantitative estimate of drug-likeness (QED) is 0.919. The van der Waals surface area contributed by atoms with Crippen LogP contribution in [0.1, 0.15) is 24.2 Å². The molecule has 3 rings (SSSR count). The Labute approximate surface area is 113 Å². The fourth-order valence-corrected chi connectivity index (χ4v) is 2.69. The highest BCUT2D eigenvalue weighted by molar-refractivity contribution is 5.71. The number of nitrogens with two attached hydrogens (primary N) is 1. The first-order valence-corrected chi connectivity index (χ1v) is 6.72. The monoisotopic (exact) mass is 257 g/mol. The molecule has 0 atom stereocenters. The first kappa shape index (κ1) is 12.2. The third-order valence-electron chi connectivity index (χ3n) is 3.63. The molecule has 19 heavy (non-hydrogen) atoms. The molecule has 0 saturated heterocycles. The number of fused-ring (bicyclic) bond motifs is 1. The maximum Gasteiger partial charge on any atom is 0.131 e. The number of benzene rings is 1. The van der Waals surface area contributed by atoms with E-state index in [4.69, 9.17) is 15.5 Å². The fourth-order valence-electron chi connectivity index (χ4n) is 2.69. The van der Waals surface area contributed by atoms with E-state index in [2.05, 4.69) is 22.8 Å². The summed E-state index contributed by atoms with van der Waals surface area (Å²) in [6.07, 6.45) is 3.43. The van der Waals surface area contributed by atoms with Crippen molar-refractivity contribution in [1.82, 2.24) is 9.55 Å². The minimum absolute atomic E-state index is 0.612. The SMILES string of the molecule is COCc1cccc(-c2nc3n(c2N)CCCC3)c1. The van der Waals surface area contributed by atoms with E-state index in [1.54, 1.807) is 7.11 Å². The van der Waals surface area contributed by atoms with E-state index in [1.807, 2.05) is 6.07 Å². The molecular weight excluding hydrogens is 238 g/mol. The van der Waals surface area contributed by atoms with Crippen molar-refractivity contribution in [1.29, 1.82) is 0 Å². The number of hydrogen-bond donors (Lipinski definition) is 1. The van der Waals surface area contributed by atoms with Crippen LogP contribution in [-0.4, -0.2) is 16.7 Å². The second kappa shape index (κ2) is 5.05. The molecule has 0 saturated carbocycles. The molecule has 0 radical (unpaired) electrons. The van der Waals surface area contributed by atoms with E-state index in [0.29, 0.717) is 6.61 Å². The molecule has 0 fully saturated rings. The van der Waals surface area contributed by atoms with Gasteiger partial charge >= 0.3 is 0 Å². The largest absolute Gasteiger partial charge is 0.383 e. The lowest BCUT2D eigenvalue weighted by Crippen LogP contribution is -2.12. The van der Waals surface area contributed by atoms with Crippen LogP contribution in [0.15, 0.2) is 24.3 Å². The van der Waals surface area contributed by atoms with Gasteiger partial charge in [0.05, 0.1) is 6.61 Å². The van der Waals surface area contributed by atoms with Crippen molar-refractivity contribution in [3.05, 3.63) is 35.7 Å². The van der Waals surface area contributed by atoms with Crippen molar-refractivity contribution >= 4 is 5.82 Å². The van der Waals surface area contributed by atoms with Crippen LogP contribution in [0.2, 0.25) is 0 Å². The number of anilines is 1. The summed E-state index contributed by atoms with van der Waals surface area (Å²) in [5.41, 5.74) is 9.38. The van der Waals surface area contributed by atoms with Gasteiger partial charge in [-0.15, -0.1) is 0 Å². The van der Waals surface area contributed by atoms with E-state index in [1.165, 1.54) is 12.8 Å². The molecule has 2 aromatic rings. The van der Waals surface area contributed by atoms with Crippen molar-refractivity contribution in [3.8, 4) is 11.3 Å². The lowest BCUT2D eigenvalue weighted by molar-refractivity contribution is 0.185. The van der Waals surface area contributed by atoms with Crippen LogP contribution in [-0.2, 0) is 24.3 Å². The van der Waals surface area contributed by atoms with Gasteiger partial charge in [0.15, 0.2) is 0 Å². The Morgan fingerprint density at radius 1 is 1.37 bits per heavy atom. The number of rotatable bonds is 3. The van der Waals surface area contributed by atoms with Gasteiger partial charge in [0.1, 0.15) is 17.3 Å². The summed E-state index contributed by atoms with van der Waals surface area (Å²) >= 11 is 0. The van der Waals surface area contributed by atoms with Gasteiger partial charge in [-0.2, -0.15) is 0 Å². The van der Waals surface area contributed by atoms with Crippen LogP contribution < -0.4 is 5.73 Å². The lowest BCUT2D eigenvalue weighted by atomic mass is 10.1. The summed E-state index contributed by atoms with van der Waals surface area (Å²) in [6, 6.07) is 8.25. The second-order valence-electron chi connectivity index (χ2n) is 5.00. The average molecular weight is 257 g/mol. The van der Waals surface area contributed by atoms with Crippen LogP contribution in [0.4, 0.5) is 5.82 Å². The minimum Gasteiger partial charge on any atom is -0.383 e. The summed E-state index contributed by atoms with van der Waals surface area (Å²) in [4.78, 5) is 4.72. The zero-order valence-corrected chi connectivity index (χ0v) is 11.2. The van der Waals surface area contributed by atoms with Gasteiger partial charge in [0.2, 0.25) is 0 Å². The zero-order chi connectivity index (χ0) is 13.2. The Bertz CT molecular complexity index is 589. The normalized spacial score (nSPS) is 14.4. The number of aromatic nitrogens is 2. The highest BCUT2D eigenvalue weighted by Gasteiger charge is 2.18. The number of nitrogens with zero attached hydrogens (tertiary/aromatic N) is 2. The summed E-state index contributed by atoms with van der Waals surface area (Å²) in [5.74, 6) is 1.92. The Morgan fingerprint density at radius 3 is 3.05 bits per heavy atom. The molecule has 2 N–H and O–H groups in total. The molecule has 1 aliphatic rings. The summed E-state index contributed by atoms with van der Waals surface area (Å²) in [7, 11) is 1.70. The van der Waals surface area contributed by atoms with Crippen molar-refractivity contribution in [2.75, 3.05) is 12.8 Å². The molecule has 1 aliphatic heterocycles. The van der Waals surface area contributed by atoms with Crippen molar-refractivity contribution in [3.63, 3.8) is 0 Å². The maximum atomic E-state index is 6.25. The van der Waals surface area contributed by atoms with Crippen molar-refractivity contribution in [2.24, 2.45) is 0 Å². The number of aryl methyl sites for hydroxylation is 1. The Hall–Kier alpha value is -1.81. The standard InChI is InChI=1S/C15H19N3O/c1-19-10-11-5-4-6-12(9-11)14-15(16)18-8-3-2-7-13(18)17-14/h4-6,9H,2-3,7-8,10,16H2,1H3. The third kappa shape index (κ3) is 2.24.